The summed E-state index contributed by atoms with van der Waals surface area (Å²) >= 11 is 0. The molecule has 0 aliphatic carbocycles. The first-order valence-electron chi connectivity index (χ1n) is 12.8. The smallest absolute Gasteiger partial charge is 0.343 e. The van der Waals surface area contributed by atoms with Gasteiger partial charge in [0.25, 0.3) is 0 Å². The Morgan fingerprint density at radius 1 is 0.810 bits per heavy atom. The highest BCUT2D eigenvalue weighted by atomic mass is 32.2. The van der Waals surface area contributed by atoms with Crippen LogP contribution in [0.25, 0.3) is 0 Å². The maximum Gasteiger partial charge on any atom is 0.435 e. The molecule has 2 aliphatic heterocycles. The Hall–Kier alpha value is -3.23. The Morgan fingerprint density at radius 2 is 1.33 bits per heavy atom. The van der Waals surface area contributed by atoms with Gasteiger partial charge >= 0.3 is 18.0 Å². The van der Waals surface area contributed by atoms with E-state index in [1.807, 2.05) is 0 Å². The second-order valence-corrected chi connectivity index (χ2v) is 12.7. The van der Waals surface area contributed by atoms with Crippen molar-refractivity contribution < 1.29 is 53.1 Å². The first kappa shape index (κ1) is 31.7. The van der Waals surface area contributed by atoms with Crippen molar-refractivity contribution in [2.24, 2.45) is 5.92 Å². The number of piperidine rings is 1. The quantitative estimate of drug-likeness (QED) is 0.335. The highest BCUT2D eigenvalue weighted by Crippen LogP contribution is 2.54. The normalized spacial score (nSPS) is 21.1. The second-order valence-electron chi connectivity index (χ2n) is 10.5. The molecule has 2 heterocycles. The van der Waals surface area contributed by atoms with E-state index in [9.17, 15) is 53.1 Å². The lowest BCUT2D eigenvalue weighted by molar-refractivity contribution is -0.348. The molecule has 1 unspecified atom stereocenters. The lowest BCUT2D eigenvalue weighted by atomic mass is 9.90. The molecule has 4 rings (SSSR count). The minimum absolute atomic E-state index is 0.119. The molecule has 0 aromatic heterocycles. The molecule has 1 atom stereocenters. The number of likely N-dealkylation sites (tertiary alicyclic amines) is 2. The van der Waals surface area contributed by atoms with E-state index in [4.69, 9.17) is 0 Å². The minimum Gasteiger partial charge on any atom is -0.343 e. The molecular formula is C27H26F8N2O4S. The monoisotopic (exact) mass is 626 g/mol. The van der Waals surface area contributed by atoms with Gasteiger partial charge in [-0.3, -0.25) is 9.59 Å². The van der Waals surface area contributed by atoms with Crippen LogP contribution < -0.4 is 0 Å². The van der Waals surface area contributed by atoms with E-state index in [1.54, 1.807) is 4.90 Å². The van der Waals surface area contributed by atoms with E-state index in [1.165, 1.54) is 11.8 Å². The fraction of sp³-hybridized carbons (Fsp3) is 0.481. The van der Waals surface area contributed by atoms with Gasteiger partial charge in [-0.2, -0.15) is 26.3 Å². The van der Waals surface area contributed by atoms with Gasteiger partial charge in [0.05, 0.1) is 4.90 Å². The summed E-state index contributed by atoms with van der Waals surface area (Å²) in [4.78, 5) is 27.4. The number of hydrogen-bond acceptors (Lipinski definition) is 4. The van der Waals surface area contributed by atoms with E-state index in [0.717, 1.165) is 24.3 Å². The first-order valence-corrected chi connectivity index (χ1v) is 14.3. The van der Waals surface area contributed by atoms with Crippen LogP contribution in [0.4, 0.5) is 35.1 Å². The van der Waals surface area contributed by atoms with E-state index in [-0.39, 0.29) is 41.5 Å². The van der Waals surface area contributed by atoms with Crippen molar-refractivity contribution in [1.82, 2.24) is 9.80 Å². The van der Waals surface area contributed by atoms with Crippen molar-refractivity contribution in [1.29, 1.82) is 0 Å². The van der Waals surface area contributed by atoms with Gasteiger partial charge in [-0.1, -0.05) is 24.3 Å². The largest absolute Gasteiger partial charge is 0.435 e. The molecule has 0 spiro atoms. The number of rotatable bonds is 5. The number of hydrogen-bond donors (Lipinski definition) is 0. The molecule has 2 amide bonds. The van der Waals surface area contributed by atoms with Crippen LogP contribution in [-0.2, 0) is 29.8 Å². The molecule has 0 N–H and O–H groups in total. The summed E-state index contributed by atoms with van der Waals surface area (Å²) in [6.07, 6.45) is -12.4. The van der Waals surface area contributed by atoms with Crippen molar-refractivity contribution >= 4 is 21.7 Å². The van der Waals surface area contributed by atoms with Gasteiger partial charge < -0.3 is 9.80 Å². The standard InChI is InChI=1S/C27H26F8N2O4S/c1-17(38)36-13-10-18(11-14-36)23(39)37-15-12-24(16-37,42(40,41)22-8-6-21(28)7-9-22)19-2-4-20(5-3-19)25(29,26(30,31)32)27(33,34)35/h2-9,18H,10-16H2,1H3. The van der Waals surface area contributed by atoms with Gasteiger partial charge in [0.15, 0.2) is 9.84 Å². The molecule has 6 nitrogen and oxygen atoms in total. The fourth-order valence-electron chi connectivity index (χ4n) is 5.61. The highest BCUT2D eigenvalue weighted by molar-refractivity contribution is 7.92. The summed E-state index contributed by atoms with van der Waals surface area (Å²) in [5.74, 6) is -1.88. The number of alkyl halides is 7. The third kappa shape index (κ3) is 5.24. The van der Waals surface area contributed by atoms with Gasteiger partial charge in [0, 0.05) is 44.6 Å². The van der Waals surface area contributed by atoms with Crippen LogP contribution in [0.2, 0.25) is 0 Å². The molecule has 0 radical (unpaired) electrons. The molecule has 0 bridgehead atoms. The van der Waals surface area contributed by atoms with Crippen molar-refractivity contribution in [3.8, 4) is 0 Å². The van der Waals surface area contributed by atoms with Crippen LogP contribution in [0.5, 0.6) is 0 Å². The zero-order valence-electron chi connectivity index (χ0n) is 22.1. The van der Waals surface area contributed by atoms with E-state index < -0.39 is 62.4 Å². The molecule has 2 aromatic rings. The maximum atomic E-state index is 14.6. The van der Waals surface area contributed by atoms with Crippen LogP contribution >= 0.6 is 0 Å². The van der Waals surface area contributed by atoms with Crippen LogP contribution in [-0.4, -0.2) is 68.6 Å². The van der Waals surface area contributed by atoms with Crippen LogP contribution in [0, 0.1) is 11.7 Å². The summed E-state index contributed by atoms with van der Waals surface area (Å²) in [5.41, 5.74) is -7.76. The van der Waals surface area contributed by atoms with E-state index >= 15 is 0 Å². The molecular weight excluding hydrogens is 600 g/mol. The third-order valence-corrected chi connectivity index (χ3v) is 10.6. The topological polar surface area (TPSA) is 74.8 Å². The summed E-state index contributed by atoms with van der Waals surface area (Å²) in [7, 11) is -4.54. The molecule has 15 heteroatoms. The summed E-state index contributed by atoms with van der Waals surface area (Å²) in [5, 5.41) is 0. The average Bonchev–Trinajstić information content (AvgIpc) is 3.39. The predicted octanol–water partition coefficient (Wildman–Crippen LogP) is 5.28. The Labute approximate surface area is 236 Å². The van der Waals surface area contributed by atoms with Crippen molar-refractivity contribution in [3.63, 3.8) is 0 Å². The minimum atomic E-state index is -6.36. The number of carbonyl (C=O) groups is 2. The third-order valence-electron chi connectivity index (χ3n) is 8.06. The Kier molecular flexibility index (Phi) is 8.15. The van der Waals surface area contributed by atoms with Gasteiger partial charge in [0.2, 0.25) is 11.8 Å². The molecule has 2 aromatic carbocycles. The molecule has 42 heavy (non-hydrogen) atoms. The summed E-state index contributed by atoms with van der Waals surface area (Å²) in [6, 6.07) is 5.50. The van der Waals surface area contributed by atoms with Gasteiger partial charge in [0.1, 0.15) is 10.6 Å². The zero-order chi connectivity index (χ0) is 31.3. The molecule has 2 saturated heterocycles. The fourth-order valence-corrected chi connectivity index (χ4v) is 7.69. The molecule has 2 fully saturated rings. The van der Waals surface area contributed by atoms with Crippen molar-refractivity contribution in [2.45, 2.75) is 53.9 Å². The van der Waals surface area contributed by atoms with Crippen LogP contribution in [0.15, 0.2) is 53.4 Å². The number of sulfone groups is 1. The predicted molar refractivity (Wildman–Crippen MR) is 133 cm³/mol. The molecule has 2 aliphatic rings. The lowest BCUT2D eigenvalue weighted by Gasteiger charge is -2.34. The highest BCUT2D eigenvalue weighted by Gasteiger charge is 2.73. The van der Waals surface area contributed by atoms with Gasteiger partial charge in [-0.25, -0.2) is 17.2 Å². The molecule has 0 saturated carbocycles. The number of nitrogens with zero attached hydrogens (tertiary/aromatic N) is 2. The van der Waals surface area contributed by atoms with Crippen LogP contribution in [0.1, 0.15) is 37.3 Å². The number of benzene rings is 2. The Morgan fingerprint density at radius 3 is 1.81 bits per heavy atom. The van der Waals surface area contributed by atoms with Crippen molar-refractivity contribution in [3.05, 3.63) is 65.5 Å². The van der Waals surface area contributed by atoms with Crippen molar-refractivity contribution in [2.75, 3.05) is 26.2 Å². The van der Waals surface area contributed by atoms with E-state index in [0.29, 0.717) is 38.1 Å². The van der Waals surface area contributed by atoms with E-state index in [2.05, 4.69) is 0 Å². The Bertz CT molecular complexity index is 1420. The SMILES string of the molecule is CC(=O)N1CCC(C(=O)N2CCC(c3ccc(C(F)(C(F)(F)F)C(F)(F)F)cc3)(S(=O)(=O)c3ccc(F)cc3)C2)CC1. The average molecular weight is 627 g/mol. The van der Waals surface area contributed by atoms with Gasteiger partial charge in [-0.15, -0.1) is 0 Å². The number of amides is 2. The lowest BCUT2D eigenvalue weighted by Crippen LogP contribution is -2.50. The summed E-state index contributed by atoms with van der Waals surface area (Å²) in [6.45, 7) is 1.38. The zero-order valence-corrected chi connectivity index (χ0v) is 22.9. The maximum absolute atomic E-state index is 14.6. The number of carbonyl (C=O) groups excluding carboxylic acids is 2. The Balaban J connectivity index is 1.74. The summed E-state index contributed by atoms with van der Waals surface area (Å²) < 4.78 is 134. The molecule has 230 valence electrons. The first-order chi connectivity index (χ1) is 19.3. The second kappa shape index (κ2) is 10.8. The van der Waals surface area contributed by atoms with Crippen LogP contribution in [0.3, 0.4) is 0 Å². The van der Waals surface area contributed by atoms with Gasteiger partial charge in [-0.05, 0) is 49.1 Å². The number of halogens is 8.